The van der Waals surface area contributed by atoms with Crippen LogP contribution in [-0.4, -0.2) is 44.8 Å². The molecule has 166 valence electrons. The molecule has 1 atom stereocenters. The van der Waals surface area contributed by atoms with Gasteiger partial charge < -0.3 is 10.2 Å². The molecule has 1 aromatic heterocycles. The number of aryl methyl sites for hydroxylation is 2. The van der Waals surface area contributed by atoms with E-state index in [1.54, 1.807) is 4.68 Å². The number of benzene rings is 2. The molecule has 1 N–H and O–H groups in total. The molecule has 32 heavy (non-hydrogen) atoms. The van der Waals surface area contributed by atoms with E-state index in [0.29, 0.717) is 37.4 Å². The number of hydrogen-bond acceptors (Lipinski definition) is 4. The van der Waals surface area contributed by atoms with Gasteiger partial charge in [-0.2, -0.15) is 0 Å². The van der Waals surface area contributed by atoms with Gasteiger partial charge in [-0.05, 0) is 49.1 Å². The molecular weight excluding hydrogens is 402 g/mol. The summed E-state index contributed by atoms with van der Waals surface area (Å²) in [5, 5.41) is 11.2. The number of nitrogens with one attached hydrogen (secondary N) is 1. The van der Waals surface area contributed by atoms with Crippen LogP contribution in [0, 0.1) is 19.8 Å². The summed E-state index contributed by atoms with van der Waals surface area (Å²) in [6, 6.07) is 16.2. The number of hydrogen-bond donors (Lipinski definition) is 1. The Morgan fingerprint density at radius 2 is 1.88 bits per heavy atom. The molecule has 7 heteroatoms. The van der Waals surface area contributed by atoms with Gasteiger partial charge in [0.05, 0.1) is 11.4 Å². The largest absolute Gasteiger partial charge is 0.350 e. The van der Waals surface area contributed by atoms with Gasteiger partial charge in [0.1, 0.15) is 0 Å². The Morgan fingerprint density at radius 1 is 1.12 bits per heavy atom. The third-order valence-corrected chi connectivity index (χ3v) is 6.17. The van der Waals surface area contributed by atoms with E-state index < -0.39 is 0 Å². The van der Waals surface area contributed by atoms with Crippen LogP contribution in [0.1, 0.15) is 46.2 Å². The van der Waals surface area contributed by atoms with Crippen molar-refractivity contribution in [2.24, 2.45) is 5.92 Å². The normalized spacial score (nSPS) is 15.9. The van der Waals surface area contributed by atoms with E-state index in [2.05, 4.69) is 53.7 Å². The summed E-state index contributed by atoms with van der Waals surface area (Å²) in [5.74, 6) is -0.0405. The minimum atomic E-state index is -0.260. The summed E-state index contributed by atoms with van der Waals surface area (Å²) in [6.07, 6.45) is 1.41. The predicted octanol–water partition coefficient (Wildman–Crippen LogP) is 3.23. The van der Waals surface area contributed by atoms with Gasteiger partial charge in [-0.1, -0.05) is 48.5 Å². The van der Waals surface area contributed by atoms with Crippen molar-refractivity contribution >= 4 is 11.8 Å². The molecular formula is C25H29N5O2. The molecule has 1 unspecified atom stereocenters. The lowest BCUT2D eigenvalue weighted by Crippen LogP contribution is -2.31. The summed E-state index contributed by atoms with van der Waals surface area (Å²) in [7, 11) is 0. The molecule has 2 heterocycles. The molecule has 0 spiro atoms. The first-order valence-electron chi connectivity index (χ1n) is 11.1. The summed E-state index contributed by atoms with van der Waals surface area (Å²) >= 11 is 0. The summed E-state index contributed by atoms with van der Waals surface area (Å²) in [6.45, 7) is 7.69. The van der Waals surface area contributed by atoms with Crippen LogP contribution >= 0.6 is 0 Å². The Morgan fingerprint density at radius 3 is 2.59 bits per heavy atom. The maximum absolute atomic E-state index is 12.7. The Hall–Kier alpha value is -3.48. The lowest BCUT2D eigenvalue weighted by Gasteiger charge is -2.18. The number of nitrogens with zero attached hydrogens (tertiary/aromatic N) is 4. The van der Waals surface area contributed by atoms with E-state index >= 15 is 0 Å². The smallest absolute Gasteiger partial charge is 0.273 e. The van der Waals surface area contributed by atoms with Gasteiger partial charge in [-0.25, -0.2) is 4.68 Å². The van der Waals surface area contributed by atoms with Crippen LogP contribution in [0.25, 0.3) is 5.69 Å². The van der Waals surface area contributed by atoms with Gasteiger partial charge in [-0.15, -0.1) is 5.10 Å². The zero-order valence-electron chi connectivity index (χ0n) is 18.8. The topological polar surface area (TPSA) is 80.1 Å². The van der Waals surface area contributed by atoms with E-state index in [1.807, 2.05) is 36.1 Å². The Bertz CT molecular complexity index is 1120. The quantitative estimate of drug-likeness (QED) is 0.623. The van der Waals surface area contributed by atoms with Gasteiger partial charge in [0.25, 0.3) is 5.91 Å². The van der Waals surface area contributed by atoms with Gasteiger partial charge in [-0.3, -0.25) is 9.59 Å². The third-order valence-electron chi connectivity index (χ3n) is 6.17. The molecule has 1 aliphatic rings. The third kappa shape index (κ3) is 4.56. The average Bonchev–Trinajstić information content (AvgIpc) is 3.36. The number of rotatable bonds is 7. The molecule has 1 fully saturated rings. The monoisotopic (exact) mass is 431 g/mol. The zero-order chi connectivity index (χ0) is 22.7. The highest BCUT2D eigenvalue weighted by Crippen LogP contribution is 2.21. The van der Waals surface area contributed by atoms with Crippen LogP contribution in [0.15, 0.2) is 48.5 Å². The van der Waals surface area contributed by atoms with Crippen LogP contribution in [0.4, 0.5) is 0 Å². The first kappa shape index (κ1) is 21.7. The molecule has 0 saturated carbocycles. The second kappa shape index (κ2) is 9.34. The maximum atomic E-state index is 12.7. The Kier molecular flexibility index (Phi) is 6.35. The molecule has 2 aromatic carbocycles. The molecule has 3 aromatic rings. The second-order valence-corrected chi connectivity index (χ2v) is 8.44. The molecule has 0 bridgehead atoms. The predicted molar refractivity (Wildman–Crippen MR) is 123 cm³/mol. The highest BCUT2D eigenvalue weighted by Gasteiger charge is 2.30. The number of carbonyl (C=O) groups is 2. The SMILES string of the molecule is CCc1ccc(-n2nnc(C(=O)NCC3CC(=O)N(Cc4ccccc4C)C3)c2C)cc1. The van der Waals surface area contributed by atoms with Crippen LogP contribution in [0.5, 0.6) is 0 Å². The molecule has 1 aliphatic heterocycles. The standard InChI is InChI=1S/C25H29N5O2/c1-4-19-9-11-22(12-10-19)30-18(3)24(27-28-30)25(32)26-14-20-13-23(31)29(15-20)16-21-8-6-5-7-17(21)2/h5-12,20H,4,13-16H2,1-3H3,(H,26,32). The fourth-order valence-electron chi connectivity index (χ4n) is 4.11. The van der Waals surface area contributed by atoms with Crippen LogP contribution in [0.2, 0.25) is 0 Å². The zero-order valence-corrected chi connectivity index (χ0v) is 18.8. The fourth-order valence-corrected chi connectivity index (χ4v) is 4.11. The minimum Gasteiger partial charge on any atom is -0.350 e. The highest BCUT2D eigenvalue weighted by molar-refractivity contribution is 5.93. The highest BCUT2D eigenvalue weighted by atomic mass is 16.2. The van der Waals surface area contributed by atoms with Crippen molar-refractivity contribution in [3.05, 3.63) is 76.6 Å². The van der Waals surface area contributed by atoms with Crippen molar-refractivity contribution in [3.8, 4) is 5.69 Å². The molecule has 2 amide bonds. The molecule has 4 rings (SSSR count). The van der Waals surface area contributed by atoms with E-state index in [-0.39, 0.29) is 17.7 Å². The Balaban J connectivity index is 1.35. The van der Waals surface area contributed by atoms with Crippen molar-refractivity contribution in [2.75, 3.05) is 13.1 Å². The van der Waals surface area contributed by atoms with Gasteiger partial charge in [0.15, 0.2) is 5.69 Å². The molecule has 7 nitrogen and oxygen atoms in total. The van der Waals surface area contributed by atoms with Gasteiger partial charge >= 0.3 is 0 Å². The number of carbonyl (C=O) groups excluding carboxylic acids is 2. The molecule has 1 saturated heterocycles. The summed E-state index contributed by atoms with van der Waals surface area (Å²) < 4.78 is 1.68. The van der Waals surface area contributed by atoms with Crippen LogP contribution < -0.4 is 5.32 Å². The average molecular weight is 432 g/mol. The maximum Gasteiger partial charge on any atom is 0.273 e. The lowest BCUT2D eigenvalue weighted by molar-refractivity contribution is -0.128. The van der Waals surface area contributed by atoms with Crippen molar-refractivity contribution in [3.63, 3.8) is 0 Å². The fraction of sp³-hybridized carbons (Fsp3) is 0.360. The summed E-state index contributed by atoms with van der Waals surface area (Å²) in [4.78, 5) is 27.1. The van der Waals surface area contributed by atoms with E-state index in [9.17, 15) is 9.59 Å². The van der Waals surface area contributed by atoms with Crippen molar-refractivity contribution in [1.29, 1.82) is 0 Å². The van der Waals surface area contributed by atoms with E-state index in [0.717, 1.165) is 17.7 Å². The van der Waals surface area contributed by atoms with Gasteiger partial charge in [0.2, 0.25) is 5.91 Å². The molecule has 0 radical (unpaired) electrons. The molecule has 0 aliphatic carbocycles. The number of aromatic nitrogens is 3. The van der Waals surface area contributed by atoms with Gasteiger partial charge in [0, 0.05) is 32.0 Å². The van der Waals surface area contributed by atoms with Crippen molar-refractivity contribution < 1.29 is 9.59 Å². The second-order valence-electron chi connectivity index (χ2n) is 8.44. The van der Waals surface area contributed by atoms with E-state index in [4.69, 9.17) is 0 Å². The van der Waals surface area contributed by atoms with Crippen molar-refractivity contribution in [2.45, 2.75) is 40.2 Å². The Labute approximate surface area is 188 Å². The summed E-state index contributed by atoms with van der Waals surface area (Å²) in [5.41, 5.74) is 5.46. The van der Waals surface area contributed by atoms with Crippen molar-refractivity contribution in [1.82, 2.24) is 25.2 Å². The first-order valence-corrected chi connectivity index (χ1v) is 11.1. The van der Waals surface area contributed by atoms with E-state index in [1.165, 1.54) is 11.1 Å². The lowest BCUT2D eigenvalue weighted by atomic mass is 10.1. The van der Waals surface area contributed by atoms with Crippen LogP contribution in [-0.2, 0) is 17.8 Å². The number of likely N-dealkylation sites (tertiary alicyclic amines) is 1. The number of amides is 2. The van der Waals surface area contributed by atoms with Crippen LogP contribution in [0.3, 0.4) is 0 Å². The minimum absolute atomic E-state index is 0.0902. The first-order chi connectivity index (χ1) is 15.5.